The first-order valence-electron chi connectivity index (χ1n) is 11.4. The van der Waals surface area contributed by atoms with Crippen LogP contribution in [0, 0.1) is 0 Å². The molecule has 4 nitrogen and oxygen atoms in total. The topological polar surface area (TPSA) is 69.5 Å². The highest BCUT2D eigenvalue weighted by Crippen LogP contribution is 2.63. The molecule has 2 aromatic carbocycles. The first kappa shape index (κ1) is 24.3. The van der Waals surface area contributed by atoms with Gasteiger partial charge in [-0.1, -0.05) is 118 Å². The standard InChI is InChI=1S/C28H40NO3/c1-25(2,3)15-13-17(27(7,8)9)23-19(21(15)30)29-20-22(31)16(26(4,5)6)14-18(24(20)32-23)28(10,11)12/h13-14,30-31H,1-12H3/q-1/p-2. The Hall–Kier alpha value is -2.36. The Morgan fingerprint density at radius 1 is 0.531 bits per heavy atom. The molecular weight excluding hydrogens is 398 g/mol. The van der Waals surface area contributed by atoms with Crippen molar-refractivity contribution in [2.75, 3.05) is 0 Å². The summed E-state index contributed by atoms with van der Waals surface area (Å²) in [5.74, 6) is 0.640. The summed E-state index contributed by atoms with van der Waals surface area (Å²) in [6.07, 6.45) is 0. The third-order valence-electron chi connectivity index (χ3n) is 6.08. The van der Waals surface area contributed by atoms with Crippen molar-refractivity contribution < 1.29 is 14.9 Å². The Labute approximate surface area is 194 Å². The van der Waals surface area contributed by atoms with E-state index in [1.165, 1.54) is 0 Å². The summed E-state index contributed by atoms with van der Waals surface area (Å²) in [4.78, 5) is 0. The maximum atomic E-state index is 13.5. The van der Waals surface area contributed by atoms with E-state index in [4.69, 9.17) is 10.1 Å². The molecule has 0 radical (unpaired) electrons. The summed E-state index contributed by atoms with van der Waals surface area (Å²) < 4.78 is 6.50. The van der Waals surface area contributed by atoms with E-state index in [2.05, 4.69) is 41.5 Å². The Morgan fingerprint density at radius 2 is 0.812 bits per heavy atom. The van der Waals surface area contributed by atoms with Gasteiger partial charge in [0, 0.05) is 0 Å². The van der Waals surface area contributed by atoms with E-state index in [9.17, 15) is 10.2 Å². The van der Waals surface area contributed by atoms with Gasteiger partial charge in [0.05, 0.1) is 0 Å². The van der Waals surface area contributed by atoms with E-state index in [-0.39, 0.29) is 44.5 Å². The number of benzene rings is 2. The smallest absolute Gasteiger partial charge is 0.115 e. The van der Waals surface area contributed by atoms with Gasteiger partial charge in [-0.15, -0.1) is 11.5 Å². The van der Waals surface area contributed by atoms with Gasteiger partial charge in [0.25, 0.3) is 0 Å². The minimum Gasteiger partial charge on any atom is -0.873 e. The van der Waals surface area contributed by atoms with Gasteiger partial charge in [-0.2, -0.15) is 0 Å². The molecule has 0 saturated carbocycles. The second kappa shape index (κ2) is 7.07. The summed E-state index contributed by atoms with van der Waals surface area (Å²) in [5, 5.41) is 31.9. The highest BCUT2D eigenvalue weighted by Gasteiger charge is 2.31. The number of hydrogen-bond acceptors (Lipinski definition) is 3. The molecule has 0 aromatic heterocycles. The van der Waals surface area contributed by atoms with E-state index in [1.807, 2.05) is 53.7 Å². The number of nitrogens with zero attached hydrogens (tertiary/aromatic N) is 1. The maximum Gasteiger partial charge on any atom is 0.115 e. The molecule has 0 spiro atoms. The minimum atomic E-state index is -0.355. The van der Waals surface area contributed by atoms with Gasteiger partial charge in [0.1, 0.15) is 11.5 Å². The second-order valence-corrected chi connectivity index (χ2v) is 13.2. The number of rotatable bonds is 0. The molecule has 176 valence electrons. The summed E-state index contributed by atoms with van der Waals surface area (Å²) in [7, 11) is 0. The van der Waals surface area contributed by atoms with Crippen LogP contribution < -0.4 is 14.9 Å². The van der Waals surface area contributed by atoms with Gasteiger partial charge in [-0.05, 0) is 32.8 Å². The molecule has 3 rings (SSSR count). The van der Waals surface area contributed by atoms with E-state index in [0.29, 0.717) is 22.6 Å². The van der Waals surface area contributed by atoms with Crippen molar-refractivity contribution in [2.45, 2.75) is 105 Å². The molecular formula is C28H38NO3-3. The molecule has 4 heteroatoms. The summed E-state index contributed by atoms with van der Waals surface area (Å²) >= 11 is 0. The van der Waals surface area contributed by atoms with E-state index < -0.39 is 0 Å². The first-order chi connectivity index (χ1) is 14.2. The molecule has 0 bridgehead atoms. The lowest BCUT2D eigenvalue weighted by Gasteiger charge is -2.47. The van der Waals surface area contributed by atoms with Crippen LogP contribution >= 0.6 is 0 Å². The van der Waals surface area contributed by atoms with Crippen LogP contribution in [0.4, 0.5) is 11.4 Å². The van der Waals surface area contributed by atoms with E-state index in [1.54, 1.807) is 0 Å². The van der Waals surface area contributed by atoms with Crippen LogP contribution in [0.5, 0.6) is 23.0 Å². The van der Waals surface area contributed by atoms with Gasteiger partial charge in [-0.25, -0.2) is 0 Å². The quantitative estimate of drug-likeness (QED) is 0.367. The predicted molar refractivity (Wildman–Crippen MR) is 129 cm³/mol. The summed E-state index contributed by atoms with van der Waals surface area (Å²) in [6.45, 7) is 24.7. The third kappa shape index (κ3) is 4.04. The molecule has 0 aliphatic carbocycles. The average Bonchev–Trinajstić information content (AvgIpc) is 2.56. The first-order valence-corrected chi connectivity index (χ1v) is 11.4. The highest BCUT2D eigenvalue weighted by molar-refractivity contribution is 5.91. The molecule has 0 amide bonds. The van der Waals surface area contributed by atoms with Gasteiger partial charge < -0.3 is 20.3 Å². The van der Waals surface area contributed by atoms with Crippen LogP contribution in [-0.2, 0) is 21.7 Å². The fourth-order valence-corrected chi connectivity index (χ4v) is 4.12. The highest BCUT2D eigenvalue weighted by atomic mass is 16.5. The normalized spacial score (nSPS) is 14.4. The zero-order valence-electron chi connectivity index (χ0n) is 21.8. The van der Waals surface area contributed by atoms with E-state index >= 15 is 0 Å². The molecule has 1 aliphatic rings. The zero-order valence-corrected chi connectivity index (χ0v) is 21.8. The van der Waals surface area contributed by atoms with Crippen LogP contribution in [0.3, 0.4) is 0 Å². The van der Waals surface area contributed by atoms with Gasteiger partial charge in [-0.3, -0.25) is 0 Å². The molecule has 2 aromatic rings. The van der Waals surface area contributed by atoms with Crippen LogP contribution in [0.25, 0.3) is 5.32 Å². The largest absolute Gasteiger partial charge is 0.873 e. The van der Waals surface area contributed by atoms with Crippen LogP contribution in [0.15, 0.2) is 12.1 Å². The monoisotopic (exact) mass is 436 g/mol. The SMILES string of the molecule is CC(C)(C)c1cc(C(C)(C)C)c2c(c1[O-])[N-]c1c([O-])c(C(C)(C)C)cc(C(C)(C)C)c1O2. The maximum absolute atomic E-state index is 13.5. The van der Waals surface area contributed by atoms with Gasteiger partial charge in [0.2, 0.25) is 0 Å². The van der Waals surface area contributed by atoms with Gasteiger partial charge in [0.15, 0.2) is 0 Å². The molecule has 1 aliphatic heterocycles. The Bertz CT molecular complexity index is 983. The lowest BCUT2D eigenvalue weighted by atomic mass is 9.77. The number of hydrogen-bond donors (Lipinski definition) is 0. The molecule has 0 fully saturated rings. The molecule has 32 heavy (non-hydrogen) atoms. The third-order valence-corrected chi connectivity index (χ3v) is 6.08. The molecule has 0 atom stereocenters. The average molecular weight is 437 g/mol. The van der Waals surface area contributed by atoms with Crippen molar-refractivity contribution in [3.05, 3.63) is 39.7 Å². The molecule has 0 unspecified atom stereocenters. The zero-order chi connectivity index (χ0) is 24.6. The minimum absolute atomic E-state index is 0.163. The van der Waals surface area contributed by atoms with Crippen molar-refractivity contribution in [1.29, 1.82) is 0 Å². The molecule has 0 saturated heterocycles. The molecule has 1 heterocycles. The van der Waals surface area contributed by atoms with Crippen LogP contribution in [-0.4, -0.2) is 0 Å². The number of ether oxygens (including phenoxy) is 1. The predicted octanol–water partition coefficient (Wildman–Crippen LogP) is 7.47. The van der Waals surface area contributed by atoms with Crippen molar-refractivity contribution in [2.24, 2.45) is 0 Å². The van der Waals surface area contributed by atoms with Crippen molar-refractivity contribution in [1.82, 2.24) is 0 Å². The van der Waals surface area contributed by atoms with Crippen LogP contribution in [0.1, 0.15) is 105 Å². The van der Waals surface area contributed by atoms with Crippen molar-refractivity contribution in [3.63, 3.8) is 0 Å². The van der Waals surface area contributed by atoms with Gasteiger partial charge >= 0.3 is 0 Å². The summed E-state index contributed by atoms with van der Waals surface area (Å²) in [6, 6.07) is 3.94. The van der Waals surface area contributed by atoms with Crippen molar-refractivity contribution >= 4 is 11.4 Å². The summed E-state index contributed by atoms with van der Waals surface area (Å²) in [5.41, 5.74) is 2.49. The number of fused-ring (bicyclic) bond motifs is 2. The van der Waals surface area contributed by atoms with Crippen LogP contribution in [0.2, 0.25) is 0 Å². The lowest BCUT2D eigenvalue weighted by molar-refractivity contribution is -0.269. The fourth-order valence-electron chi connectivity index (χ4n) is 4.12. The second-order valence-electron chi connectivity index (χ2n) is 13.2. The van der Waals surface area contributed by atoms with E-state index in [0.717, 1.165) is 11.1 Å². The van der Waals surface area contributed by atoms with Crippen molar-refractivity contribution in [3.8, 4) is 23.0 Å². The Balaban J connectivity index is 2.42. The Kier molecular flexibility index (Phi) is 5.36. The lowest BCUT2D eigenvalue weighted by Crippen LogP contribution is -2.22. The Morgan fingerprint density at radius 3 is 1.06 bits per heavy atom. The fraction of sp³-hybridized carbons (Fsp3) is 0.571. The molecule has 0 N–H and O–H groups in total.